The largest absolute Gasteiger partial charge is 0.363 e. The summed E-state index contributed by atoms with van der Waals surface area (Å²) in [6.45, 7) is 3.43. The molecule has 3 aromatic rings. The molecule has 30 heavy (non-hydrogen) atoms. The van der Waals surface area contributed by atoms with Crippen molar-refractivity contribution in [3.8, 4) is 0 Å². The molecule has 1 aromatic heterocycles. The van der Waals surface area contributed by atoms with Gasteiger partial charge in [0.05, 0.1) is 12.1 Å². The fourth-order valence-electron chi connectivity index (χ4n) is 4.70. The predicted octanol–water partition coefficient (Wildman–Crippen LogP) is 3.75. The SMILES string of the molecule is O=C1COC2(CCN(CCc3c[nH]c4ccccc34)CC2)CN1c1cccc(F)c1. The summed E-state index contributed by atoms with van der Waals surface area (Å²) in [4.78, 5) is 19.9. The van der Waals surface area contributed by atoms with E-state index >= 15 is 0 Å². The van der Waals surface area contributed by atoms with E-state index in [-0.39, 0.29) is 23.9 Å². The highest BCUT2D eigenvalue weighted by molar-refractivity contribution is 5.95. The summed E-state index contributed by atoms with van der Waals surface area (Å²) in [7, 11) is 0. The van der Waals surface area contributed by atoms with Crippen LogP contribution in [-0.2, 0) is 16.0 Å². The van der Waals surface area contributed by atoms with Crippen molar-refractivity contribution in [1.82, 2.24) is 9.88 Å². The summed E-state index contributed by atoms with van der Waals surface area (Å²) in [5, 5.41) is 1.30. The molecule has 2 saturated heterocycles. The number of piperidine rings is 1. The molecule has 1 spiro atoms. The molecular weight excluding hydrogens is 381 g/mol. The van der Waals surface area contributed by atoms with Gasteiger partial charge in [-0.3, -0.25) is 4.79 Å². The minimum absolute atomic E-state index is 0.0614. The van der Waals surface area contributed by atoms with Crippen LogP contribution in [0.2, 0.25) is 0 Å². The number of ether oxygens (including phenoxy) is 1. The Bertz CT molecular complexity index is 1060. The second kappa shape index (κ2) is 7.85. The molecule has 0 aliphatic carbocycles. The van der Waals surface area contributed by atoms with Crippen LogP contribution in [0.4, 0.5) is 10.1 Å². The lowest BCUT2D eigenvalue weighted by molar-refractivity contribution is -0.144. The Morgan fingerprint density at radius 3 is 2.77 bits per heavy atom. The molecule has 0 radical (unpaired) electrons. The van der Waals surface area contributed by atoms with Crippen LogP contribution in [0.3, 0.4) is 0 Å². The molecule has 0 unspecified atom stereocenters. The highest BCUT2D eigenvalue weighted by Gasteiger charge is 2.42. The van der Waals surface area contributed by atoms with E-state index in [9.17, 15) is 9.18 Å². The standard InChI is InChI=1S/C24H26FN3O2/c25-19-4-3-5-20(14-19)28-17-24(30-16-23(28)29)9-12-27(13-10-24)11-8-18-15-26-22-7-2-1-6-21(18)22/h1-7,14-15,26H,8-13,16-17H2. The summed E-state index contributed by atoms with van der Waals surface area (Å²) in [5.41, 5.74) is 2.81. The first-order valence-electron chi connectivity index (χ1n) is 10.6. The molecule has 0 atom stereocenters. The topological polar surface area (TPSA) is 48.6 Å². The number of nitrogens with one attached hydrogen (secondary N) is 1. The van der Waals surface area contributed by atoms with E-state index in [1.54, 1.807) is 17.0 Å². The summed E-state index contributed by atoms with van der Waals surface area (Å²) in [6.07, 6.45) is 4.87. The van der Waals surface area contributed by atoms with Gasteiger partial charge < -0.3 is 19.5 Å². The van der Waals surface area contributed by atoms with Crippen LogP contribution in [0.5, 0.6) is 0 Å². The van der Waals surface area contributed by atoms with Crippen LogP contribution >= 0.6 is 0 Å². The van der Waals surface area contributed by atoms with Crippen LogP contribution in [0.25, 0.3) is 10.9 Å². The minimum Gasteiger partial charge on any atom is -0.363 e. The number of halogens is 1. The molecule has 0 bridgehead atoms. The highest BCUT2D eigenvalue weighted by atomic mass is 19.1. The molecule has 6 heteroatoms. The average molecular weight is 407 g/mol. The summed E-state index contributed by atoms with van der Waals surface area (Å²) < 4.78 is 19.7. The average Bonchev–Trinajstić information content (AvgIpc) is 3.18. The van der Waals surface area contributed by atoms with Gasteiger partial charge in [-0.25, -0.2) is 4.39 Å². The number of aromatic amines is 1. The number of hydrogen-bond donors (Lipinski definition) is 1. The van der Waals surface area contributed by atoms with E-state index < -0.39 is 0 Å². The normalized spacial score (nSPS) is 19.6. The van der Waals surface area contributed by atoms with E-state index in [0.29, 0.717) is 12.2 Å². The zero-order chi connectivity index (χ0) is 20.6. The molecule has 1 N–H and O–H groups in total. The number of likely N-dealkylation sites (tertiary alicyclic amines) is 1. The van der Waals surface area contributed by atoms with Gasteiger partial charge in [0, 0.05) is 42.4 Å². The molecule has 2 aliphatic heterocycles. The van der Waals surface area contributed by atoms with Crippen LogP contribution in [0, 0.1) is 5.82 Å². The Hall–Kier alpha value is -2.70. The summed E-state index contributed by atoms with van der Waals surface area (Å²) >= 11 is 0. The molecule has 156 valence electrons. The van der Waals surface area contributed by atoms with Gasteiger partial charge in [0.1, 0.15) is 12.4 Å². The van der Waals surface area contributed by atoms with Crippen LogP contribution < -0.4 is 4.90 Å². The first-order chi connectivity index (χ1) is 14.6. The molecule has 5 rings (SSSR count). The number of fused-ring (bicyclic) bond motifs is 1. The number of aromatic nitrogens is 1. The number of carbonyl (C=O) groups is 1. The second-order valence-electron chi connectivity index (χ2n) is 8.38. The van der Waals surface area contributed by atoms with Gasteiger partial charge in [-0.2, -0.15) is 0 Å². The zero-order valence-corrected chi connectivity index (χ0v) is 16.9. The van der Waals surface area contributed by atoms with Gasteiger partial charge in [0.2, 0.25) is 0 Å². The fraction of sp³-hybridized carbons (Fsp3) is 0.375. The predicted molar refractivity (Wildman–Crippen MR) is 115 cm³/mol. The van der Waals surface area contributed by atoms with Gasteiger partial charge in [0.25, 0.3) is 5.91 Å². The number of para-hydroxylation sites is 1. The Morgan fingerprint density at radius 1 is 1.10 bits per heavy atom. The van der Waals surface area contributed by atoms with Gasteiger partial charge in [-0.15, -0.1) is 0 Å². The molecule has 2 fully saturated rings. The van der Waals surface area contributed by atoms with Crippen molar-refractivity contribution in [3.05, 3.63) is 66.1 Å². The van der Waals surface area contributed by atoms with E-state index in [4.69, 9.17) is 4.74 Å². The maximum Gasteiger partial charge on any atom is 0.253 e. The Morgan fingerprint density at radius 2 is 1.93 bits per heavy atom. The van der Waals surface area contributed by atoms with Crippen molar-refractivity contribution in [3.63, 3.8) is 0 Å². The van der Waals surface area contributed by atoms with Crippen LogP contribution in [-0.4, -0.2) is 54.2 Å². The number of carbonyl (C=O) groups excluding carboxylic acids is 1. The number of anilines is 1. The number of rotatable bonds is 4. The van der Waals surface area contributed by atoms with E-state index in [2.05, 4.69) is 40.3 Å². The molecule has 0 saturated carbocycles. The maximum atomic E-state index is 13.7. The van der Waals surface area contributed by atoms with Crippen molar-refractivity contribution in [1.29, 1.82) is 0 Å². The third kappa shape index (κ3) is 3.73. The van der Waals surface area contributed by atoms with Crippen molar-refractivity contribution in [2.75, 3.05) is 37.7 Å². The zero-order valence-electron chi connectivity index (χ0n) is 16.9. The first-order valence-corrected chi connectivity index (χ1v) is 10.6. The minimum atomic E-state index is -0.336. The number of amides is 1. The molecular formula is C24H26FN3O2. The Kier molecular flexibility index (Phi) is 5.05. The number of H-pyrrole nitrogens is 1. The molecule has 3 heterocycles. The summed E-state index contributed by atoms with van der Waals surface area (Å²) in [5.74, 6) is -0.430. The number of hydrogen-bond acceptors (Lipinski definition) is 3. The number of benzene rings is 2. The first kappa shape index (κ1) is 19.3. The van der Waals surface area contributed by atoms with E-state index in [1.807, 2.05) is 0 Å². The fourth-order valence-corrected chi connectivity index (χ4v) is 4.70. The molecule has 1 amide bonds. The van der Waals surface area contributed by atoms with Gasteiger partial charge in [-0.1, -0.05) is 24.3 Å². The maximum absolute atomic E-state index is 13.7. The van der Waals surface area contributed by atoms with E-state index in [0.717, 1.165) is 38.9 Å². The third-order valence-electron chi connectivity index (χ3n) is 6.51. The van der Waals surface area contributed by atoms with Gasteiger partial charge in [-0.05, 0) is 49.1 Å². The van der Waals surface area contributed by atoms with E-state index in [1.165, 1.54) is 28.6 Å². The number of nitrogens with zero attached hydrogens (tertiary/aromatic N) is 2. The van der Waals surface area contributed by atoms with Crippen LogP contribution in [0.1, 0.15) is 18.4 Å². The van der Waals surface area contributed by atoms with Gasteiger partial charge >= 0.3 is 0 Å². The monoisotopic (exact) mass is 407 g/mol. The second-order valence-corrected chi connectivity index (χ2v) is 8.38. The van der Waals surface area contributed by atoms with Gasteiger partial charge in [0.15, 0.2) is 0 Å². The van der Waals surface area contributed by atoms with Crippen LogP contribution in [0.15, 0.2) is 54.7 Å². The molecule has 2 aromatic carbocycles. The quantitative estimate of drug-likeness (QED) is 0.717. The third-order valence-corrected chi connectivity index (χ3v) is 6.51. The smallest absolute Gasteiger partial charge is 0.253 e. The van der Waals surface area contributed by atoms with Crippen molar-refractivity contribution in [2.24, 2.45) is 0 Å². The summed E-state index contributed by atoms with van der Waals surface area (Å²) in [6, 6.07) is 14.7. The lowest BCUT2D eigenvalue weighted by Gasteiger charge is -2.47. The molecule has 2 aliphatic rings. The Balaban J connectivity index is 1.21. The lowest BCUT2D eigenvalue weighted by Crippen LogP contribution is -2.59. The Labute approximate surface area is 175 Å². The van der Waals surface area contributed by atoms with Crippen molar-refractivity contribution >= 4 is 22.5 Å². The van der Waals surface area contributed by atoms with Crippen molar-refractivity contribution < 1.29 is 13.9 Å². The number of morpholine rings is 1. The lowest BCUT2D eigenvalue weighted by atomic mass is 9.89. The van der Waals surface area contributed by atoms with Crippen molar-refractivity contribution in [2.45, 2.75) is 24.9 Å². The highest BCUT2D eigenvalue weighted by Crippen LogP contribution is 2.33. The molecule has 5 nitrogen and oxygen atoms in total.